The zero-order valence-electron chi connectivity index (χ0n) is 10.2. The number of hydrogen-bond donors (Lipinski definition) is 2. The Hall–Kier alpha value is -2.50. The molecule has 1 amide bonds. The molecule has 0 radical (unpaired) electrons. The molecule has 0 atom stereocenters. The van der Waals surface area contributed by atoms with Crippen LogP contribution in [0.3, 0.4) is 0 Å². The number of methoxy groups -OCH3 is 1. The van der Waals surface area contributed by atoms with Gasteiger partial charge in [0.25, 0.3) is 5.91 Å². The van der Waals surface area contributed by atoms with Gasteiger partial charge in [0.05, 0.1) is 12.7 Å². The molecule has 6 nitrogen and oxygen atoms in total. The highest BCUT2D eigenvalue weighted by Crippen LogP contribution is 2.22. The molecule has 6 heteroatoms. The van der Waals surface area contributed by atoms with Crippen molar-refractivity contribution in [3.63, 3.8) is 0 Å². The lowest BCUT2D eigenvalue weighted by Gasteiger charge is -2.08. The highest BCUT2D eigenvalue weighted by molar-refractivity contribution is 6.06. The molecule has 1 heterocycles. The number of nitrogens with two attached hydrogens (primary N) is 1. The number of anilines is 2. The van der Waals surface area contributed by atoms with Crippen LogP contribution in [-0.4, -0.2) is 22.8 Å². The number of aryl methyl sites for hydroxylation is 1. The third-order valence-corrected chi connectivity index (χ3v) is 2.43. The molecule has 1 aromatic carbocycles. The summed E-state index contributed by atoms with van der Waals surface area (Å²) in [5, 5.41) is 6.75. The van der Waals surface area contributed by atoms with E-state index in [4.69, 9.17) is 10.5 Å². The van der Waals surface area contributed by atoms with Crippen molar-refractivity contribution in [1.82, 2.24) is 9.78 Å². The quantitative estimate of drug-likeness (QED) is 0.799. The predicted octanol–water partition coefficient (Wildman–Crippen LogP) is 1.26. The smallest absolute Gasteiger partial charge is 0.260 e. The number of rotatable bonds is 3. The maximum atomic E-state index is 12.0. The van der Waals surface area contributed by atoms with E-state index < -0.39 is 0 Å². The van der Waals surface area contributed by atoms with Crippen molar-refractivity contribution < 1.29 is 9.53 Å². The lowest BCUT2D eigenvalue weighted by Crippen LogP contribution is -2.14. The van der Waals surface area contributed by atoms with Gasteiger partial charge >= 0.3 is 0 Å². The molecule has 1 aromatic heterocycles. The van der Waals surface area contributed by atoms with E-state index in [1.807, 2.05) is 0 Å². The molecule has 0 bridgehead atoms. The van der Waals surface area contributed by atoms with E-state index in [-0.39, 0.29) is 5.91 Å². The maximum Gasteiger partial charge on any atom is 0.260 e. The predicted molar refractivity (Wildman–Crippen MR) is 68.6 cm³/mol. The molecule has 0 aliphatic carbocycles. The number of benzene rings is 1. The summed E-state index contributed by atoms with van der Waals surface area (Å²) in [6, 6.07) is 6.58. The van der Waals surface area contributed by atoms with Gasteiger partial charge < -0.3 is 15.8 Å². The van der Waals surface area contributed by atoms with Crippen molar-refractivity contribution in [2.45, 2.75) is 0 Å². The second-order valence-electron chi connectivity index (χ2n) is 3.79. The number of nitrogen functional groups attached to an aromatic ring is 1. The molecule has 18 heavy (non-hydrogen) atoms. The largest absolute Gasteiger partial charge is 0.496 e. The molecule has 3 N–H and O–H groups in total. The van der Waals surface area contributed by atoms with E-state index in [0.29, 0.717) is 22.8 Å². The fourth-order valence-corrected chi connectivity index (χ4v) is 1.56. The molecular weight excluding hydrogens is 232 g/mol. The second-order valence-corrected chi connectivity index (χ2v) is 3.79. The lowest BCUT2D eigenvalue weighted by molar-refractivity contribution is 0.102. The average Bonchev–Trinajstić information content (AvgIpc) is 2.74. The fourth-order valence-electron chi connectivity index (χ4n) is 1.56. The SMILES string of the molecule is COc1cc(N)ccc1C(=O)Nc1ccn(C)n1. The number of aromatic nitrogens is 2. The first-order valence-corrected chi connectivity index (χ1v) is 5.34. The minimum absolute atomic E-state index is 0.287. The zero-order chi connectivity index (χ0) is 13.1. The number of nitrogens with zero attached hydrogens (tertiary/aromatic N) is 2. The van der Waals surface area contributed by atoms with E-state index in [9.17, 15) is 4.79 Å². The van der Waals surface area contributed by atoms with Crippen LogP contribution in [0.2, 0.25) is 0 Å². The molecule has 2 aromatic rings. The van der Waals surface area contributed by atoms with Gasteiger partial charge in [-0.2, -0.15) is 5.10 Å². The van der Waals surface area contributed by atoms with Crippen molar-refractivity contribution in [3.05, 3.63) is 36.0 Å². The van der Waals surface area contributed by atoms with Crippen LogP contribution in [0.5, 0.6) is 5.75 Å². The standard InChI is InChI=1S/C12H14N4O2/c1-16-6-5-11(15-16)14-12(17)9-4-3-8(13)7-10(9)18-2/h3-7H,13H2,1-2H3,(H,14,15,17). The van der Waals surface area contributed by atoms with E-state index in [1.165, 1.54) is 7.11 Å². The van der Waals surface area contributed by atoms with Gasteiger partial charge in [-0.25, -0.2) is 0 Å². The summed E-state index contributed by atoms with van der Waals surface area (Å²) >= 11 is 0. The van der Waals surface area contributed by atoms with Gasteiger partial charge in [-0.3, -0.25) is 9.48 Å². The van der Waals surface area contributed by atoms with E-state index in [1.54, 1.807) is 42.2 Å². The van der Waals surface area contributed by atoms with Gasteiger partial charge in [-0.1, -0.05) is 0 Å². The van der Waals surface area contributed by atoms with E-state index in [2.05, 4.69) is 10.4 Å². The van der Waals surface area contributed by atoms with Gasteiger partial charge in [0, 0.05) is 31.1 Å². The third-order valence-electron chi connectivity index (χ3n) is 2.43. The van der Waals surface area contributed by atoms with Crippen molar-refractivity contribution in [2.24, 2.45) is 7.05 Å². The molecule has 0 fully saturated rings. The van der Waals surface area contributed by atoms with Gasteiger partial charge in [0.1, 0.15) is 5.75 Å². The summed E-state index contributed by atoms with van der Waals surface area (Å²) in [5.74, 6) is 0.635. The Kier molecular flexibility index (Phi) is 3.18. The number of amides is 1. The second kappa shape index (κ2) is 4.79. The minimum atomic E-state index is -0.287. The average molecular weight is 246 g/mol. The molecule has 0 spiro atoms. The monoisotopic (exact) mass is 246 g/mol. The third kappa shape index (κ3) is 2.42. The van der Waals surface area contributed by atoms with Gasteiger partial charge in [-0.15, -0.1) is 0 Å². The van der Waals surface area contributed by atoms with Crippen molar-refractivity contribution in [2.75, 3.05) is 18.2 Å². The molecule has 0 unspecified atom stereocenters. The van der Waals surface area contributed by atoms with Crippen LogP contribution < -0.4 is 15.8 Å². The maximum absolute atomic E-state index is 12.0. The number of ether oxygens (including phenoxy) is 1. The summed E-state index contributed by atoms with van der Waals surface area (Å²) in [5.41, 5.74) is 6.59. The molecule has 0 aliphatic heterocycles. The number of nitrogens with one attached hydrogen (secondary N) is 1. The van der Waals surface area contributed by atoms with Gasteiger partial charge in [0.2, 0.25) is 0 Å². The number of carbonyl (C=O) groups excluding carboxylic acids is 1. The van der Waals surface area contributed by atoms with Crippen LogP contribution >= 0.6 is 0 Å². The lowest BCUT2D eigenvalue weighted by atomic mass is 10.1. The van der Waals surface area contributed by atoms with E-state index >= 15 is 0 Å². The van der Waals surface area contributed by atoms with Crippen LogP contribution in [0.15, 0.2) is 30.5 Å². The number of carbonyl (C=O) groups is 1. The highest BCUT2D eigenvalue weighted by Gasteiger charge is 2.13. The van der Waals surface area contributed by atoms with Crippen LogP contribution in [-0.2, 0) is 7.05 Å². The summed E-state index contributed by atoms with van der Waals surface area (Å²) < 4.78 is 6.73. The molecule has 94 valence electrons. The first kappa shape index (κ1) is 12.0. The topological polar surface area (TPSA) is 82.2 Å². The van der Waals surface area contributed by atoms with Crippen molar-refractivity contribution in [1.29, 1.82) is 0 Å². The fraction of sp³-hybridized carbons (Fsp3) is 0.167. The normalized spacial score (nSPS) is 10.1. The van der Waals surface area contributed by atoms with Crippen LogP contribution in [0.1, 0.15) is 10.4 Å². The Balaban J connectivity index is 2.23. The molecular formula is C12H14N4O2. The Morgan fingerprint density at radius 1 is 1.44 bits per heavy atom. The molecule has 0 saturated heterocycles. The van der Waals surface area contributed by atoms with E-state index in [0.717, 1.165) is 0 Å². The first-order valence-electron chi connectivity index (χ1n) is 5.34. The van der Waals surface area contributed by atoms with Gasteiger partial charge in [-0.05, 0) is 12.1 Å². The first-order chi connectivity index (χ1) is 8.60. The summed E-state index contributed by atoms with van der Waals surface area (Å²) in [6.45, 7) is 0. The molecule has 0 aliphatic rings. The molecule has 2 rings (SSSR count). The van der Waals surface area contributed by atoms with Gasteiger partial charge in [0.15, 0.2) is 5.82 Å². The zero-order valence-corrected chi connectivity index (χ0v) is 10.2. The van der Waals surface area contributed by atoms with Crippen LogP contribution in [0, 0.1) is 0 Å². The number of hydrogen-bond acceptors (Lipinski definition) is 4. The van der Waals surface area contributed by atoms with Crippen LogP contribution in [0.4, 0.5) is 11.5 Å². The summed E-state index contributed by atoms with van der Waals surface area (Å²) in [6.07, 6.45) is 1.75. The summed E-state index contributed by atoms with van der Waals surface area (Å²) in [7, 11) is 3.27. The Bertz CT molecular complexity index is 577. The Morgan fingerprint density at radius 3 is 2.83 bits per heavy atom. The minimum Gasteiger partial charge on any atom is -0.496 e. The van der Waals surface area contributed by atoms with Crippen molar-refractivity contribution in [3.8, 4) is 5.75 Å². The Labute approximate surface area is 104 Å². The Morgan fingerprint density at radius 2 is 2.22 bits per heavy atom. The highest BCUT2D eigenvalue weighted by atomic mass is 16.5. The molecule has 0 saturated carbocycles. The van der Waals surface area contributed by atoms with Crippen LogP contribution in [0.25, 0.3) is 0 Å². The summed E-state index contributed by atoms with van der Waals surface area (Å²) in [4.78, 5) is 12.0. The van der Waals surface area contributed by atoms with Crippen molar-refractivity contribution >= 4 is 17.4 Å².